The fourth-order valence-electron chi connectivity index (χ4n) is 4.72. The number of allylic oxidation sites excluding steroid dienone is 2. The van der Waals surface area contributed by atoms with Crippen LogP contribution < -0.4 is 0 Å². The lowest BCUT2D eigenvalue weighted by Crippen LogP contribution is -2.22. The molecule has 1 heterocycles. The molecule has 0 unspecified atom stereocenters. The summed E-state index contributed by atoms with van der Waals surface area (Å²) in [5.74, 6) is 0.150. The van der Waals surface area contributed by atoms with Crippen LogP contribution in [0.5, 0.6) is 0 Å². The number of carboxylic acid groups (broad SMARTS) is 1. The maximum absolute atomic E-state index is 10.7. The average molecular weight is 409 g/mol. The minimum atomic E-state index is -0.738. The number of aliphatic carboxylic acids is 1. The molecule has 0 bridgehead atoms. The molecule has 1 aliphatic carbocycles. The van der Waals surface area contributed by atoms with Crippen molar-refractivity contribution in [2.24, 2.45) is 23.7 Å². The number of rotatable bonds is 10. The van der Waals surface area contributed by atoms with Gasteiger partial charge in [-0.3, -0.25) is 4.79 Å². The summed E-state index contributed by atoms with van der Waals surface area (Å²) >= 11 is 0. The van der Waals surface area contributed by atoms with E-state index in [4.69, 9.17) is 9.84 Å². The molecule has 1 saturated heterocycles. The number of carboxylic acids is 1. The van der Waals surface area contributed by atoms with Crippen LogP contribution >= 0.6 is 0 Å². The lowest BCUT2D eigenvalue weighted by molar-refractivity contribution is -0.137. The van der Waals surface area contributed by atoms with Gasteiger partial charge in [-0.15, -0.1) is 0 Å². The van der Waals surface area contributed by atoms with Crippen LogP contribution in [-0.2, 0) is 9.53 Å². The minimum absolute atomic E-state index is 0.0254. The van der Waals surface area contributed by atoms with Crippen LogP contribution in [0.3, 0.4) is 0 Å². The van der Waals surface area contributed by atoms with Crippen LogP contribution in [0.15, 0.2) is 23.8 Å². The summed E-state index contributed by atoms with van der Waals surface area (Å²) in [6.07, 6.45) is 11.6. The first-order valence-corrected chi connectivity index (χ1v) is 11.3. The standard InChI is InChI=1S/C24H40O5/c1-16(2)6-4-7-17(3)21(25)13-12-19-20-11-10-18(8-5-9-24(27)28)15-29-23(20)14-22(19)26/h6,12-13,17-23,25-26H,4-5,7-11,14-15H2,1-3H3,(H,27,28)/b13-12+/t17-,18-,19+,20+,21-,22+,23-/m0/s1. The van der Waals surface area contributed by atoms with Gasteiger partial charge in [0.1, 0.15) is 0 Å². The normalized spacial score (nSPS) is 31.8. The first kappa shape index (κ1) is 24.1. The van der Waals surface area contributed by atoms with Crippen LogP contribution in [0.25, 0.3) is 0 Å². The van der Waals surface area contributed by atoms with E-state index in [2.05, 4.69) is 26.8 Å². The van der Waals surface area contributed by atoms with E-state index >= 15 is 0 Å². The maximum Gasteiger partial charge on any atom is 0.303 e. The third-order valence-corrected chi connectivity index (χ3v) is 6.64. The van der Waals surface area contributed by atoms with Crippen molar-refractivity contribution in [2.45, 2.75) is 90.4 Å². The van der Waals surface area contributed by atoms with Crippen molar-refractivity contribution in [1.29, 1.82) is 0 Å². The highest BCUT2D eigenvalue weighted by Gasteiger charge is 2.43. The third kappa shape index (κ3) is 7.88. The second-order valence-electron chi connectivity index (χ2n) is 9.36. The van der Waals surface area contributed by atoms with Gasteiger partial charge in [0.15, 0.2) is 0 Å². The molecule has 0 amide bonds. The SMILES string of the molecule is CC(C)=CCC[C@H](C)[C@@H](O)/C=C/[C@@H]1[C@H]2CC[C@H](CCCC(=O)O)CO[C@H]2C[C@H]1O. The largest absolute Gasteiger partial charge is 0.481 e. The zero-order valence-corrected chi connectivity index (χ0v) is 18.3. The Kier molecular flexibility index (Phi) is 9.87. The highest BCUT2D eigenvalue weighted by atomic mass is 16.5. The predicted molar refractivity (Wildman–Crippen MR) is 115 cm³/mol. The number of hydrogen-bond acceptors (Lipinski definition) is 4. The first-order chi connectivity index (χ1) is 13.8. The summed E-state index contributed by atoms with van der Waals surface area (Å²) in [4.78, 5) is 10.7. The van der Waals surface area contributed by atoms with E-state index in [1.165, 1.54) is 5.57 Å². The number of ether oxygens (including phenoxy) is 1. The fraction of sp³-hybridized carbons (Fsp3) is 0.792. The van der Waals surface area contributed by atoms with Crippen molar-refractivity contribution in [3.63, 3.8) is 0 Å². The molecular formula is C24H40O5. The summed E-state index contributed by atoms with van der Waals surface area (Å²) in [6.45, 7) is 6.90. The highest BCUT2D eigenvalue weighted by Crippen LogP contribution is 2.42. The molecule has 3 N–H and O–H groups in total. The van der Waals surface area contributed by atoms with Crippen molar-refractivity contribution in [3.05, 3.63) is 23.8 Å². The molecule has 166 valence electrons. The molecule has 0 spiro atoms. The number of fused-ring (bicyclic) bond motifs is 1. The number of carbonyl (C=O) groups is 1. The zero-order valence-electron chi connectivity index (χ0n) is 18.3. The van der Waals surface area contributed by atoms with Crippen LogP contribution in [0.1, 0.15) is 72.1 Å². The second-order valence-corrected chi connectivity index (χ2v) is 9.36. The van der Waals surface area contributed by atoms with Gasteiger partial charge in [0.05, 0.1) is 18.3 Å². The Morgan fingerprint density at radius 1 is 1.28 bits per heavy atom. The molecule has 0 radical (unpaired) electrons. The van der Waals surface area contributed by atoms with Crippen molar-refractivity contribution in [1.82, 2.24) is 0 Å². The molecule has 0 aromatic heterocycles. The molecule has 2 fully saturated rings. The lowest BCUT2D eigenvalue weighted by atomic mass is 9.86. The first-order valence-electron chi connectivity index (χ1n) is 11.3. The molecule has 2 rings (SSSR count). The molecule has 7 atom stereocenters. The third-order valence-electron chi connectivity index (χ3n) is 6.64. The number of hydrogen-bond donors (Lipinski definition) is 3. The molecule has 0 aromatic rings. The van der Waals surface area contributed by atoms with Crippen LogP contribution in [-0.4, -0.2) is 46.2 Å². The van der Waals surface area contributed by atoms with Gasteiger partial charge in [-0.05, 0) is 70.1 Å². The monoisotopic (exact) mass is 408 g/mol. The number of aliphatic hydroxyl groups excluding tert-OH is 2. The van der Waals surface area contributed by atoms with Gasteiger partial charge in [-0.2, -0.15) is 0 Å². The van der Waals surface area contributed by atoms with E-state index in [9.17, 15) is 15.0 Å². The molecule has 1 aliphatic heterocycles. The molecular weight excluding hydrogens is 368 g/mol. The molecule has 29 heavy (non-hydrogen) atoms. The van der Waals surface area contributed by atoms with E-state index in [0.29, 0.717) is 25.4 Å². The highest BCUT2D eigenvalue weighted by molar-refractivity contribution is 5.66. The van der Waals surface area contributed by atoms with E-state index in [1.807, 2.05) is 12.2 Å². The van der Waals surface area contributed by atoms with E-state index in [-0.39, 0.29) is 30.3 Å². The number of aliphatic hydroxyl groups is 2. The van der Waals surface area contributed by atoms with Gasteiger partial charge in [0.25, 0.3) is 0 Å². The van der Waals surface area contributed by atoms with Crippen LogP contribution in [0.2, 0.25) is 0 Å². The molecule has 1 saturated carbocycles. The Labute approximate surface area is 175 Å². The lowest BCUT2D eigenvalue weighted by Gasteiger charge is -2.22. The second kappa shape index (κ2) is 11.9. The summed E-state index contributed by atoms with van der Waals surface area (Å²) in [7, 11) is 0. The average Bonchev–Trinajstić information content (AvgIpc) is 2.81. The summed E-state index contributed by atoms with van der Waals surface area (Å²) in [5, 5.41) is 29.9. The molecule has 2 aliphatic rings. The molecule has 5 heteroatoms. The quantitative estimate of drug-likeness (QED) is 0.468. The van der Waals surface area contributed by atoms with Gasteiger partial charge in [0, 0.05) is 25.4 Å². The van der Waals surface area contributed by atoms with Gasteiger partial charge in [0.2, 0.25) is 0 Å². The van der Waals surface area contributed by atoms with Gasteiger partial charge >= 0.3 is 5.97 Å². The van der Waals surface area contributed by atoms with Crippen molar-refractivity contribution < 1.29 is 24.9 Å². The van der Waals surface area contributed by atoms with E-state index in [1.54, 1.807) is 0 Å². The van der Waals surface area contributed by atoms with Gasteiger partial charge in [-0.1, -0.05) is 30.7 Å². The van der Waals surface area contributed by atoms with E-state index < -0.39 is 18.2 Å². The van der Waals surface area contributed by atoms with Crippen molar-refractivity contribution in [3.8, 4) is 0 Å². The van der Waals surface area contributed by atoms with Crippen LogP contribution in [0, 0.1) is 23.7 Å². The maximum atomic E-state index is 10.7. The Morgan fingerprint density at radius 2 is 2.03 bits per heavy atom. The summed E-state index contributed by atoms with van der Waals surface area (Å²) in [5.41, 5.74) is 1.30. The van der Waals surface area contributed by atoms with Gasteiger partial charge in [-0.25, -0.2) is 0 Å². The van der Waals surface area contributed by atoms with Crippen molar-refractivity contribution >= 4 is 5.97 Å². The van der Waals surface area contributed by atoms with Gasteiger partial charge < -0.3 is 20.1 Å². The van der Waals surface area contributed by atoms with Crippen molar-refractivity contribution in [2.75, 3.05) is 6.61 Å². The smallest absolute Gasteiger partial charge is 0.303 e. The Morgan fingerprint density at radius 3 is 2.72 bits per heavy atom. The Balaban J connectivity index is 1.86. The summed E-state index contributed by atoms with van der Waals surface area (Å²) < 4.78 is 6.12. The minimum Gasteiger partial charge on any atom is -0.481 e. The molecule has 0 aromatic carbocycles. The topological polar surface area (TPSA) is 87.0 Å². The zero-order chi connectivity index (χ0) is 21.4. The fourth-order valence-corrected chi connectivity index (χ4v) is 4.72. The summed E-state index contributed by atoms with van der Waals surface area (Å²) in [6, 6.07) is 0. The Bertz CT molecular complexity index is 566. The van der Waals surface area contributed by atoms with Crippen LogP contribution in [0.4, 0.5) is 0 Å². The van der Waals surface area contributed by atoms with E-state index in [0.717, 1.165) is 32.1 Å². The molecule has 5 nitrogen and oxygen atoms in total. The predicted octanol–water partition coefficient (Wildman–Crippen LogP) is 4.33. The Hall–Kier alpha value is -1.17.